The second kappa shape index (κ2) is 9.45. The van der Waals surface area contributed by atoms with Gasteiger partial charge in [0.15, 0.2) is 0 Å². The van der Waals surface area contributed by atoms with Crippen LogP contribution in [-0.2, 0) is 15.2 Å². The first-order valence-electron chi connectivity index (χ1n) is 5.91. The molecule has 1 rings (SSSR count). The van der Waals surface area contributed by atoms with Gasteiger partial charge in [-0.15, -0.1) is 0 Å². The van der Waals surface area contributed by atoms with E-state index in [0.29, 0.717) is 18.5 Å². The zero-order valence-electron chi connectivity index (χ0n) is 10.6. The molecule has 0 amide bonds. The molecule has 3 nitrogen and oxygen atoms in total. The second-order valence-electron chi connectivity index (χ2n) is 3.84. The van der Waals surface area contributed by atoms with Gasteiger partial charge in [-0.2, -0.15) is 11.8 Å². The van der Waals surface area contributed by atoms with E-state index in [1.807, 2.05) is 30.1 Å². The Kier molecular flexibility index (Phi) is 8.05. The summed E-state index contributed by atoms with van der Waals surface area (Å²) >= 11 is 1.92. The lowest BCUT2D eigenvalue weighted by molar-refractivity contribution is 0.0697. The molecule has 0 spiro atoms. The maximum Gasteiger partial charge on any atom is 0.0700 e. The Hall–Kier alpha value is -0.580. The number of methoxy groups -OCH3 is 1. The van der Waals surface area contributed by atoms with Gasteiger partial charge in [0.05, 0.1) is 18.9 Å². The normalized spacial score (nSPS) is 12.6. The smallest absolute Gasteiger partial charge is 0.0700 e. The monoisotopic (exact) mass is 255 g/mol. The molecule has 4 heteroatoms. The van der Waals surface area contributed by atoms with Crippen LogP contribution in [0.3, 0.4) is 0 Å². The lowest BCUT2D eigenvalue weighted by atomic mass is 10.3. The Morgan fingerprint density at radius 1 is 1.29 bits per heavy atom. The number of nitrogens with zero attached hydrogens (tertiary/aromatic N) is 1. The molecule has 1 aromatic heterocycles. The summed E-state index contributed by atoms with van der Waals surface area (Å²) in [5.41, 5.74) is 1.14. The third-order valence-electron chi connectivity index (χ3n) is 2.34. The van der Waals surface area contributed by atoms with Crippen molar-refractivity contribution in [3.8, 4) is 0 Å². The number of rotatable bonds is 9. The van der Waals surface area contributed by atoms with Gasteiger partial charge in [-0.25, -0.2) is 0 Å². The van der Waals surface area contributed by atoms with Crippen molar-refractivity contribution in [2.24, 2.45) is 0 Å². The van der Waals surface area contributed by atoms with Gasteiger partial charge in [0.2, 0.25) is 0 Å². The first-order chi connectivity index (χ1) is 8.33. The van der Waals surface area contributed by atoms with Crippen molar-refractivity contribution in [3.05, 3.63) is 30.1 Å². The topological polar surface area (TPSA) is 31.4 Å². The zero-order valence-corrected chi connectivity index (χ0v) is 11.4. The van der Waals surface area contributed by atoms with Crippen molar-refractivity contribution in [1.29, 1.82) is 0 Å². The molecule has 1 heterocycles. The van der Waals surface area contributed by atoms with Crippen LogP contribution in [0.1, 0.15) is 19.0 Å². The summed E-state index contributed by atoms with van der Waals surface area (Å²) in [6.07, 6.45) is 2.91. The molecule has 0 radical (unpaired) electrons. The molecule has 96 valence electrons. The quantitative estimate of drug-likeness (QED) is 0.635. The average Bonchev–Trinajstić information content (AvgIpc) is 2.37. The van der Waals surface area contributed by atoms with E-state index < -0.39 is 0 Å². The first-order valence-corrected chi connectivity index (χ1v) is 6.96. The van der Waals surface area contributed by atoms with Gasteiger partial charge in [0, 0.05) is 30.9 Å². The summed E-state index contributed by atoms with van der Waals surface area (Å²) in [4.78, 5) is 4.30. The molecule has 0 N–H and O–H groups in total. The lowest BCUT2D eigenvalue weighted by Crippen LogP contribution is -2.07. The van der Waals surface area contributed by atoms with E-state index in [2.05, 4.69) is 18.0 Å². The summed E-state index contributed by atoms with van der Waals surface area (Å²) < 4.78 is 10.4. The van der Waals surface area contributed by atoms with Crippen molar-refractivity contribution < 1.29 is 9.47 Å². The standard InChI is InChI=1S/C13H21NO2S/c1-12(6-8-16-10-9-15-2)17-11-13-5-3-4-7-14-13/h3-5,7,12H,6,8-11H2,1-2H3. The highest BCUT2D eigenvalue weighted by molar-refractivity contribution is 7.99. The Bertz CT molecular complexity index is 282. The van der Waals surface area contributed by atoms with Gasteiger partial charge in [0.1, 0.15) is 0 Å². The van der Waals surface area contributed by atoms with Gasteiger partial charge in [-0.3, -0.25) is 4.98 Å². The molecule has 0 aliphatic carbocycles. The molecule has 17 heavy (non-hydrogen) atoms. The Morgan fingerprint density at radius 2 is 2.18 bits per heavy atom. The highest BCUT2D eigenvalue weighted by Crippen LogP contribution is 2.18. The number of hydrogen-bond acceptors (Lipinski definition) is 4. The predicted molar refractivity (Wildman–Crippen MR) is 72.3 cm³/mol. The van der Waals surface area contributed by atoms with Crippen molar-refractivity contribution in [2.75, 3.05) is 26.9 Å². The molecule has 0 aliphatic heterocycles. The Morgan fingerprint density at radius 3 is 2.88 bits per heavy atom. The number of hydrogen-bond donors (Lipinski definition) is 0. The molecule has 1 atom stereocenters. The minimum absolute atomic E-state index is 0.597. The van der Waals surface area contributed by atoms with Crippen molar-refractivity contribution in [1.82, 2.24) is 4.98 Å². The van der Waals surface area contributed by atoms with Crippen LogP contribution >= 0.6 is 11.8 Å². The first kappa shape index (κ1) is 14.5. The van der Waals surface area contributed by atoms with Gasteiger partial charge < -0.3 is 9.47 Å². The Labute approximate surface area is 108 Å². The van der Waals surface area contributed by atoms with E-state index in [-0.39, 0.29) is 0 Å². The fraction of sp³-hybridized carbons (Fsp3) is 0.615. The van der Waals surface area contributed by atoms with Crippen LogP contribution in [0.2, 0.25) is 0 Å². The average molecular weight is 255 g/mol. The van der Waals surface area contributed by atoms with E-state index in [9.17, 15) is 0 Å². The number of thioether (sulfide) groups is 1. The minimum atomic E-state index is 0.597. The van der Waals surface area contributed by atoms with Gasteiger partial charge in [-0.05, 0) is 18.6 Å². The van der Waals surface area contributed by atoms with Crippen LogP contribution in [0.4, 0.5) is 0 Å². The zero-order chi connectivity index (χ0) is 12.3. The van der Waals surface area contributed by atoms with Crippen LogP contribution in [0.25, 0.3) is 0 Å². The summed E-state index contributed by atoms with van der Waals surface area (Å²) in [6.45, 7) is 4.40. The van der Waals surface area contributed by atoms with Crippen molar-refractivity contribution in [2.45, 2.75) is 24.3 Å². The SMILES string of the molecule is COCCOCCC(C)SCc1ccccn1. The molecule has 0 aromatic carbocycles. The summed E-state index contributed by atoms with van der Waals surface area (Å²) in [5.74, 6) is 0.972. The van der Waals surface area contributed by atoms with Crippen LogP contribution < -0.4 is 0 Å². The highest BCUT2D eigenvalue weighted by Gasteiger charge is 2.03. The maximum atomic E-state index is 5.44. The highest BCUT2D eigenvalue weighted by atomic mass is 32.2. The molecule has 0 bridgehead atoms. The molecular formula is C13H21NO2S. The summed E-state index contributed by atoms with van der Waals surface area (Å²) in [7, 11) is 1.69. The molecular weight excluding hydrogens is 234 g/mol. The van der Waals surface area contributed by atoms with Crippen LogP contribution in [0.15, 0.2) is 24.4 Å². The summed E-state index contributed by atoms with van der Waals surface area (Å²) in [5, 5.41) is 0.597. The Balaban J connectivity index is 2.03. The molecule has 0 fully saturated rings. The number of ether oxygens (including phenoxy) is 2. The third-order valence-corrected chi connectivity index (χ3v) is 3.61. The third kappa shape index (κ3) is 7.36. The number of aromatic nitrogens is 1. The lowest BCUT2D eigenvalue weighted by Gasteiger charge is -2.11. The van der Waals surface area contributed by atoms with E-state index in [4.69, 9.17) is 9.47 Å². The van der Waals surface area contributed by atoms with Crippen LogP contribution in [-0.4, -0.2) is 37.2 Å². The van der Waals surface area contributed by atoms with Crippen LogP contribution in [0.5, 0.6) is 0 Å². The van der Waals surface area contributed by atoms with Crippen LogP contribution in [0, 0.1) is 0 Å². The minimum Gasteiger partial charge on any atom is -0.382 e. The van der Waals surface area contributed by atoms with E-state index in [1.54, 1.807) is 7.11 Å². The van der Waals surface area contributed by atoms with E-state index in [1.165, 1.54) is 0 Å². The number of pyridine rings is 1. The molecule has 0 saturated carbocycles. The van der Waals surface area contributed by atoms with Crippen molar-refractivity contribution in [3.63, 3.8) is 0 Å². The van der Waals surface area contributed by atoms with Crippen molar-refractivity contribution >= 4 is 11.8 Å². The maximum absolute atomic E-state index is 5.44. The van der Waals surface area contributed by atoms with E-state index in [0.717, 1.165) is 24.5 Å². The summed E-state index contributed by atoms with van der Waals surface area (Å²) in [6, 6.07) is 6.04. The van der Waals surface area contributed by atoms with Gasteiger partial charge in [0.25, 0.3) is 0 Å². The molecule has 0 aliphatic rings. The molecule has 1 aromatic rings. The fourth-order valence-corrected chi connectivity index (χ4v) is 2.18. The fourth-order valence-electron chi connectivity index (χ4n) is 1.29. The largest absolute Gasteiger partial charge is 0.382 e. The molecule has 0 saturated heterocycles. The van der Waals surface area contributed by atoms with Gasteiger partial charge in [-0.1, -0.05) is 13.0 Å². The van der Waals surface area contributed by atoms with E-state index >= 15 is 0 Å². The predicted octanol–water partition coefficient (Wildman–Crippen LogP) is 2.76. The van der Waals surface area contributed by atoms with Gasteiger partial charge >= 0.3 is 0 Å². The molecule has 1 unspecified atom stereocenters. The second-order valence-corrected chi connectivity index (χ2v) is 5.26.